The number of nitrogens with one attached hydrogen (secondary N) is 1. The van der Waals surface area contributed by atoms with Crippen LogP contribution in [0.5, 0.6) is 0 Å². The SMILES string of the molecule is CC(=O)c1c(C)nsc1NC(C)c1ncc(C)s1. The third kappa shape index (κ3) is 2.59. The van der Waals surface area contributed by atoms with E-state index in [0.29, 0.717) is 5.56 Å². The number of anilines is 1. The molecule has 0 saturated heterocycles. The second-order valence-electron chi connectivity index (χ2n) is 4.20. The summed E-state index contributed by atoms with van der Waals surface area (Å²) in [5.41, 5.74) is 1.48. The molecule has 0 saturated carbocycles. The van der Waals surface area contributed by atoms with Gasteiger partial charge in [-0.25, -0.2) is 4.98 Å². The van der Waals surface area contributed by atoms with Crippen LogP contribution < -0.4 is 5.32 Å². The molecule has 1 unspecified atom stereocenters. The number of carbonyl (C=O) groups excluding carboxylic acids is 1. The molecule has 0 radical (unpaired) electrons. The van der Waals surface area contributed by atoms with E-state index in [1.807, 2.05) is 27.0 Å². The Bertz CT molecular complexity index is 574. The van der Waals surface area contributed by atoms with Crippen molar-refractivity contribution < 1.29 is 4.79 Å². The van der Waals surface area contributed by atoms with E-state index in [4.69, 9.17) is 0 Å². The van der Waals surface area contributed by atoms with Gasteiger partial charge >= 0.3 is 0 Å². The van der Waals surface area contributed by atoms with Crippen LogP contribution in [0, 0.1) is 13.8 Å². The average molecular weight is 281 g/mol. The first-order valence-corrected chi connectivity index (χ1v) is 7.24. The molecule has 0 spiro atoms. The van der Waals surface area contributed by atoms with Gasteiger partial charge in [0, 0.05) is 11.1 Å². The first-order valence-electron chi connectivity index (χ1n) is 5.65. The lowest BCUT2D eigenvalue weighted by Gasteiger charge is -2.11. The monoisotopic (exact) mass is 281 g/mol. The van der Waals surface area contributed by atoms with Gasteiger partial charge in [0.05, 0.1) is 17.3 Å². The summed E-state index contributed by atoms with van der Waals surface area (Å²) in [4.78, 5) is 17.1. The summed E-state index contributed by atoms with van der Waals surface area (Å²) < 4.78 is 4.23. The van der Waals surface area contributed by atoms with Crippen molar-refractivity contribution in [2.45, 2.75) is 33.7 Å². The summed E-state index contributed by atoms with van der Waals surface area (Å²) in [5.74, 6) is 0.0475. The Kier molecular flexibility index (Phi) is 3.77. The first-order chi connectivity index (χ1) is 8.49. The predicted octanol–water partition coefficient (Wildman–Crippen LogP) is 3.59. The van der Waals surface area contributed by atoms with Crippen molar-refractivity contribution >= 4 is 33.7 Å². The van der Waals surface area contributed by atoms with E-state index in [1.165, 1.54) is 16.4 Å². The molecule has 0 fully saturated rings. The standard InChI is InChI=1S/C12H15N3OS2/c1-6-5-13-11(17-6)8(3)14-12-10(9(4)16)7(2)15-18-12/h5,8,14H,1-4H3. The highest BCUT2D eigenvalue weighted by Crippen LogP contribution is 2.30. The number of ketones is 1. The second kappa shape index (κ2) is 5.16. The number of carbonyl (C=O) groups is 1. The summed E-state index contributed by atoms with van der Waals surface area (Å²) in [5, 5.41) is 5.18. The number of hydrogen-bond acceptors (Lipinski definition) is 6. The number of aryl methyl sites for hydroxylation is 2. The van der Waals surface area contributed by atoms with Crippen LogP contribution in [0.1, 0.15) is 45.8 Å². The zero-order chi connectivity index (χ0) is 13.3. The lowest BCUT2D eigenvalue weighted by Crippen LogP contribution is -2.08. The van der Waals surface area contributed by atoms with Crippen molar-refractivity contribution in [1.82, 2.24) is 9.36 Å². The minimum Gasteiger partial charge on any atom is -0.366 e. The molecule has 4 nitrogen and oxygen atoms in total. The third-order valence-corrected chi connectivity index (χ3v) is 4.54. The molecule has 1 atom stereocenters. The highest BCUT2D eigenvalue weighted by atomic mass is 32.1. The Labute approximate surface area is 114 Å². The zero-order valence-electron chi connectivity index (χ0n) is 10.8. The number of thiazole rings is 1. The lowest BCUT2D eigenvalue weighted by molar-refractivity contribution is 0.101. The van der Waals surface area contributed by atoms with Gasteiger partial charge in [-0.05, 0) is 39.2 Å². The van der Waals surface area contributed by atoms with Crippen molar-refractivity contribution in [3.63, 3.8) is 0 Å². The van der Waals surface area contributed by atoms with Crippen LogP contribution in [-0.2, 0) is 0 Å². The topological polar surface area (TPSA) is 54.9 Å². The van der Waals surface area contributed by atoms with Crippen molar-refractivity contribution in [2.24, 2.45) is 0 Å². The maximum atomic E-state index is 11.6. The van der Waals surface area contributed by atoms with Crippen LogP contribution in [0.4, 0.5) is 5.00 Å². The molecule has 6 heteroatoms. The number of rotatable bonds is 4. The summed E-state index contributed by atoms with van der Waals surface area (Å²) >= 11 is 2.99. The highest BCUT2D eigenvalue weighted by molar-refractivity contribution is 7.12. The van der Waals surface area contributed by atoms with Crippen molar-refractivity contribution in [3.05, 3.63) is 27.3 Å². The molecule has 2 rings (SSSR count). The Balaban J connectivity index is 2.22. The van der Waals surface area contributed by atoms with Gasteiger partial charge in [0.1, 0.15) is 10.0 Å². The fourth-order valence-electron chi connectivity index (χ4n) is 1.71. The maximum absolute atomic E-state index is 11.6. The largest absolute Gasteiger partial charge is 0.366 e. The van der Waals surface area contributed by atoms with Gasteiger partial charge in [0.25, 0.3) is 0 Å². The lowest BCUT2D eigenvalue weighted by atomic mass is 10.2. The minimum atomic E-state index is 0.0475. The van der Waals surface area contributed by atoms with Gasteiger partial charge in [-0.3, -0.25) is 4.79 Å². The molecule has 2 aromatic heterocycles. The summed E-state index contributed by atoms with van der Waals surface area (Å²) in [6, 6.07) is 0.0849. The summed E-state index contributed by atoms with van der Waals surface area (Å²) in [6.07, 6.45) is 1.86. The van der Waals surface area contributed by atoms with Gasteiger partial charge < -0.3 is 5.32 Å². The smallest absolute Gasteiger partial charge is 0.164 e. The van der Waals surface area contributed by atoms with Crippen LogP contribution in [0.15, 0.2) is 6.20 Å². The summed E-state index contributed by atoms with van der Waals surface area (Å²) in [7, 11) is 0. The van der Waals surface area contributed by atoms with E-state index in [0.717, 1.165) is 15.7 Å². The normalized spacial score (nSPS) is 12.4. The van der Waals surface area contributed by atoms with E-state index in [-0.39, 0.29) is 11.8 Å². The molecule has 0 bridgehead atoms. The second-order valence-corrected chi connectivity index (χ2v) is 6.24. The van der Waals surface area contributed by atoms with Gasteiger partial charge in [-0.1, -0.05) is 0 Å². The number of Topliss-reactive ketones (excluding diaryl/α,β-unsaturated/α-hetero) is 1. The molecule has 0 amide bonds. The average Bonchev–Trinajstić information content (AvgIpc) is 2.85. The fourth-order valence-corrected chi connectivity index (χ4v) is 3.42. The Morgan fingerprint density at radius 3 is 2.72 bits per heavy atom. The van der Waals surface area contributed by atoms with Crippen LogP contribution >= 0.6 is 22.9 Å². The Hall–Kier alpha value is -1.27. The minimum absolute atomic E-state index is 0.0475. The molecule has 0 aliphatic rings. The Morgan fingerprint density at radius 2 is 2.17 bits per heavy atom. The third-order valence-electron chi connectivity index (χ3n) is 2.57. The predicted molar refractivity (Wildman–Crippen MR) is 75.7 cm³/mol. The van der Waals surface area contributed by atoms with Gasteiger partial charge in [0.2, 0.25) is 0 Å². The molecule has 0 aliphatic heterocycles. The van der Waals surface area contributed by atoms with Gasteiger partial charge in [-0.15, -0.1) is 11.3 Å². The Morgan fingerprint density at radius 1 is 1.44 bits per heavy atom. The number of hydrogen-bond donors (Lipinski definition) is 1. The zero-order valence-corrected chi connectivity index (χ0v) is 12.4. The first kappa shape index (κ1) is 13.2. The van der Waals surface area contributed by atoms with E-state index < -0.39 is 0 Å². The van der Waals surface area contributed by atoms with Crippen LogP contribution in [-0.4, -0.2) is 15.1 Å². The molecule has 2 aromatic rings. The molecule has 0 aromatic carbocycles. The van der Waals surface area contributed by atoms with Gasteiger partial charge in [0.15, 0.2) is 5.78 Å². The fraction of sp³-hybridized carbons (Fsp3) is 0.417. The van der Waals surface area contributed by atoms with Crippen molar-refractivity contribution in [1.29, 1.82) is 0 Å². The molecule has 1 N–H and O–H groups in total. The molecular formula is C12H15N3OS2. The summed E-state index contributed by atoms with van der Waals surface area (Å²) in [6.45, 7) is 7.50. The molecule has 0 aliphatic carbocycles. The van der Waals surface area contributed by atoms with Gasteiger partial charge in [-0.2, -0.15) is 4.37 Å². The van der Waals surface area contributed by atoms with Crippen LogP contribution in [0.2, 0.25) is 0 Å². The number of aromatic nitrogens is 2. The van der Waals surface area contributed by atoms with Crippen LogP contribution in [0.3, 0.4) is 0 Å². The van der Waals surface area contributed by atoms with E-state index in [9.17, 15) is 4.79 Å². The molecule has 18 heavy (non-hydrogen) atoms. The van der Waals surface area contributed by atoms with E-state index >= 15 is 0 Å². The molecular weight excluding hydrogens is 266 g/mol. The van der Waals surface area contributed by atoms with Crippen molar-refractivity contribution in [2.75, 3.05) is 5.32 Å². The highest BCUT2D eigenvalue weighted by Gasteiger charge is 2.18. The van der Waals surface area contributed by atoms with E-state index in [1.54, 1.807) is 18.3 Å². The molecule has 2 heterocycles. The van der Waals surface area contributed by atoms with Crippen LogP contribution in [0.25, 0.3) is 0 Å². The quantitative estimate of drug-likeness (QED) is 0.870. The number of nitrogens with zero attached hydrogens (tertiary/aromatic N) is 2. The molecule has 96 valence electrons. The maximum Gasteiger partial charge on any atom is 0.164 e. The van der Waals surface area contributed by atoms with E-state index in [2.05, 4.69) is 14.7 Å². The van der Waals surface area contributed by atoms with Crippen molar-refractivity contribution in [3.8, 4) is 0 Å².